The highest BCUT2D eigenvalue weighted by Crippen LogP contribution is 2.26. The van der Waals surface area contributed by atoms with Crippen LogP contribution in [0.4, 0.5) is 11.6 Å². The molecule has 34 heavy (non-hydrogen) atoms. The summed E-state index contributed by atoms with van der Waals surface area (Å²) in [6.45, 7) is 8.68. The summed E-state index contributed by atoms with van der Waals surface area (Å²) in [5.74, 6) is 0.853. The maximum absolute atomic E-state index is 12.9. The number of fused-ring (bicyclic) bond motifs is 1. The van der Waals surface area contributed by atoms with Gasteiger partial charge in [-0.1, -0.05) is 12.1 Å². The Kier molecular flexibility index (Phi) is 6.56. The largest absolute Gasteiger partial charge is 0.386 e. The molecule has 1 atom stereocenters. The molecule has 3 aromatic rings. The van der Waals surface area contributed by atoms with Crippen molar-refractivity contribution >= 4 is 29.1 Å². The zero-order valence-corrected chi connectivity index (χ0v) is 20.1. The van der Waals surface area contributed by atoms with E-state index < -0.39 is 5.60 Å². The van der Waals surface area contributed by atoms with E-state index >= 15 is 0 Å². The quantitative estimate of drug-likeness (QED) is 0.517. The topological polar surface area (TPSA) is 112 Å². The van der Waals surface area contributed by atoms with E-state index in [1.807, 2.05) is 13.8 Å². The number of amides is 2. The maximum Gasteiger partial charge on any atom is 0.256 e. The van der Waals surface area contributed by atoms with Gasteiger partial charge in [-0.05, 0) is 58.2 Å². The van der Waals surface area contributed by atoms with E-state index in [1.54, 1.807) is 61.0 Å². The van der Waals surface area contributed by atoms with Gasteiger partial charge in [-0.2, -0.15) is 9.61 Å². The third-order valence-corrected chi connectivity index (χ3v) is 5.98. The zero-order valence-electron chi connectivity index (χ0n) is 20.1. The van der Waals surface area contributed by atoms with Gasteiger partial charge in [0.25, 0.3) is 5.91 Å². The first-order valence-corrected chi connectivity index (χ1v) is 11.7. The van der Waals surface area contributed by atoms with Crippen molar-refractivity contribution in [1.29, 1.82) is 0 Å². The summed E-state index contributed by atoms with van der Waals surface area (Å²) >= 11 is 0. The highest BCUT2D eigenvalue weighted by molar-refractivity contribution is 6.04. The summed E-state index contributed by atoms with van der Waals surface area (Å²) in [6, 6.07) is 10.5. The summed E-state index contributed by atoms with van der Waals surface area (Å²) in [6.07, 6.45) is 3.39. The molecular weight excluding hydrogens is 432 g/mol. The van der Waals surface area contributed by atoms with Gasteiger partial charge in [0.2, 0.25) is 5.91 Å². The smallest absolute Gasteiger partial charge is 0.256 e. The molecule has 0 bridgehead atoms. The number of hydrogen-bond acceptors (Lipinski definition) is 6. The zero-order chi connectivity index (χ0) is 24.5. The van der Waals surface area contributed by atoms with Crippen molar-refractivity contribution in [2.45, 2.75) is 52.2 Å². The van der Waals surface area contributed by atoms with E-state index in [9.17, 15) is 14.7 Å². The van der Waals surface area contributed by atoms with E-state index in [-0.39, 0.29) is 23.8 Å². The van der Waals surface area contributed by atoms with Gasteiger partial charge in [0.1, 0.15) is 11.6 Å². The molecule has 0 spiro atoms. The molecule has 4 rings (SSSR count). The molecule has 9 nitrogen and oxygen atoms in total. The minimum absolute atomic E-state index is 0.0634. The first-order chi connectivity index (χ1) is 16.1. The number of aliphatic hydroxyl groups is 1. The fourth-order valence-corrected chi connectivity index (χ4v) is 4.21. The van der Waals surface area contributed by atoms with Crippen LogP contribution in [-0.4, -0.2) is 50.7 Å². The molecule has 1 fully saturated rings. The third kappa shape index (κ3) is 5.20. The molecule has 2 aromatic heterocycles. The molecule has 180 valence electrons. The van der Waals surface area contributed by atoms with Gasteiger partial charge < -0.3 is 20.6 Å². The third-order valence-electron chi connectivity index (χ3n) is 5.98. The van der Waals surface area contributed by atoms with Gasteiger partial charge in [0.15, 0.2) is 5.65 Å². The molecule has 0 aliphatic carbocycles. The fourth-order valence-electron chi connectivity index (χ4n) is 4.21. The summed E-state index contributed by atoms with van der Waals surface area (Å²) in [7, 11) is 0. The van der Waals surface area contributed by atoms with Crippen LogP contribution in [0.25, 0.3) is 5.65 Å². The number of nitrogens with zero attached hydrogens (tertiary/aromatic N) is 4. The SMILES string of the molecule is CC(C)NC(=O)C1CCCN(c2cc(NC(=O)c3ccc(C(C)(C)O)cc3)nc3ccnn23)C1. The monoisotopic (exact) mass is 464 g/mol. The number of aromatic nitrogens is 3. The van der Waals surface area contributed by atoms with Crippen LogP contribution >= 0.6 is 0 Å². The van der Waals surface area contributed by atoms with E-state index in [2.05, 4.69) is 25.6 Å². The lowest BCUT2D eigenvalue weighted by Gasteiger charge is -2.34. The van der Waals surface area contributed by atoms with Crippen LogP contribution in [-0.2, 0) is 10.4 Å². The second kappa shape index (κ2) is 9.42. The van der Waals surface area contributed by atoms with Crippen molar-refractivity contribution < 1.29 is 14.7 Å². The summed E-state index contributed by atoms with van der Waals surface area (Å²) in [4.78, 5) is 32.1. The second-order valence-electron chi connectivity index (χ2n) is 9.64. The highest BCUT2D eigenvalue weighted by atomic mass is 16.3. The first kappa shape index (κ1) is 23.7. The number of hydrogen-bond donors (Lipinski definition) is 3. The standard InChI is InChI=1S/C25H32N6O3/c1-16(2)27-24(33)18-6-5-13-30(15-18)22-14-20(28-21-11-12-26-31(21)22)29-23(32)17-7-9-19(10-8-17)25(3,4)34/h7-12,14,16,18,34H,5-6,13,15H2,1-4H3,(H,27,33)(H,28,29,32). The van der Waals surface area contributed by atoms with Crippen LogP contribution in [0.15, 0.2) is 42.6 Å². The summed E-state index contributed by atoms with van der Waals surface area (Å²) in [5.41, 5.74) is 0.829. The number of rotatable bonds is 6. The fraction of sp³-hybridized carbons (Fsp3) is 0.440. The Morgan fingerprint density at radius 2 is 1.91 bits per heavy atom. The Morgan fingerprint density at radius 3 is 2.59 bits per heavy atom. The molecule has 1 unspecified atom stereocenters. The lowest BCUT2D eigenvalue weighted by atomic mass is 9.97. The number of anilines is 2. The molecular formula is C25H32N6O3. The highest BCUT2D eigenvalue weighted by Gasteiger charge is 2.28. The van der Waals surface area contributed by atoms with Gasteiger partial charge in [0.05, 0.1) is 17.7 Å². The van der Waals surface area contributed by atoms with Gasteiger partial charge in [0, 0.05) is 36.8 Å². The predicted molar refractivity (Wildman–Crippen MR) is 131 cm³/mol. The second-order valence-corrected chi connectivity index (χ2v) is 9.64. The Labute approximate surface area is 199 Å². The average molecular weight is 465 g/mol. The maximum atomic E-state index is 12.9. The number of piperidine rings is 1. The van der Waals surface area contributed by atoms with Gasteiger partial charge in [-0.25, -0.2) is 4.98 Å². The van der Waals surface area contributed by atoms with Crippen LogP contribution in [0.1, 0.15) is 56.5 Å². The Bertz CT molecular complexity index is 1180. The van der Waals surface area contributed by atoms with Crippen molar-refractivity contribution in [1.82, 2.24) is 19.9 Å². The van der Waals surface area contributed by atoms with E-state index in [1.165, 1.54) is 0 Å². The average Bonchev–Trinajstić information content (AvgIpc) is 3.26. The molecule has 9 heteroatoms. The van der Waals surface area contributed by atoms with Gasteiger partial charge in [-0.3, -0.25) is 9.59 Å². The molecule has 0 radical (unpaired) electrons. The lowest BCUT2D eigenvalue weighted by Crippen LogP contribution is -2.45. The van der Waals surface area contributed by atoms with Crippen molar-refractivity contribution in [2.24, 2.45) is 5.92 Å². The van der Waals surface area contributed by atoms with Crippen LogP contribution < -0.4 is 15.5 Å². The van der Waals surface area contributed by atoms with Crippen molar-refractivity contribution in [2.75, 3.05) is 23.3 Å². The molecule has 1 saturated heterocycles. The molecule has 0 saturated carbocycles. The van der Waals surface area contributed by atoms with Gasteiger partial charge in [-0.15, -0.1) is 0 Å². The van der Waals surface area contributed by atoms with Crippen LogP contribution in [0.5, 0.6) is 0 Å². The van der Waals surface area contributed by atoms with Crippen molar-refractivity contribution in [3.63, 3.8) is 0 Å². The molecule has 1 aliphatic rings. The Balaban J connectivity index is 1.56. The Morgan fingerprint density at radius 1 is 1.18 bits per heavy atom. The van der Waals surface area contributed by atoms with Gasteiger partial charge >= 0.3 is 0 Å². The minimum atomic E-state index is -0.975. The van der Waals surface area contributed by atoms with Crippen LogP contribution in [0.3, 0.4) is 0 Å². The van der Waals surface area contributed by atoms with Crippen molar-refractivity contribution in [3.8, 4) is 0 Å². The number of carbonyl (C=O) groups excluding carboxylic acids is 2. The normalized spacial score (nSPS) is 16.6. The minimum Gasteiger partial charge on any atom is -0.386 e. The van der Waals surface area contributed by atoms with Crippen LogP contribution in [0.2, 0.25) is 0 Å². The van der Waals surface area contributed by atoms with Crippen molar-refractivity contribution in [3.05, 3.63) is 53.7 Å². The molecule has 3 N–H and O–H groups in total. The Hall–Kier alpha value is -3.46. The number of benzene rings is 1. The summed E-state index contributed by atoms with van der Waals surface area (Å²) in [5, 5.41) is 20.4. The summed E-state index contributed by atoms with van der Waals surface area (Å²) < 4.78 is 1.73. The first-order valence-electron chi connectivity index (χ1n) is 11.7. The number of nitrogens with one attached hydrogen (secondary N) is 2. The van der Waals surface area contributed by atoms with Crippen LogP contribution in [0, 0.1) is 5.92 Å². The predicted octanol–water partition coefficient (Wildman–Crippen LogP) is 2.95. The molecule has 2 amide bonds. The molecule has 1 aliphatic heterocycles. The van der Waals surface area contributed by atoms with E-state index in [0.29, 0.717) is 23.6 Å². The van der Waals surface area contributed by atoms with E-state index in [0.717, 1.165) is 30.8 Å². The molecule has 1 aromatic carbocycles. The number of carbonyl (C=O) groups is 2. The van der Waals surface area contributed by atoms with E-state index in [4.69, 9.17) is 0 Å². The molecule has 3 heterocycles. The lowest BCUT2D eigenvalue weighted by molar-refractivity contribution is -0.125.